The lowest BCUT2D eigenvalue weighted by atomic mass is 10.2. The van der Waals surface area contributed by atoms with Crippen LogP contribution in [-0.2, 0) is 11.3 Å². The average molecular weight is 344 g/mol. The monoisotopic (exact) mass is 344 g/mol. The molecule has 130 valence electrons. The van der Waals surface area contributed by atoms with Gasteiger partial charge in [-0.3, -0.25) is 14.9 Å². The second kappa shape index (κ2) is 6.84. The molecule has 1 amide bonds. The number of likely N-dealkylation sites (tertiary alicyclic amines) is 1. The van der Waals surface area contributed by atoms with E-state index in [9.17, 15) is 19.3 Å². The minimum Gasteiger partial charge on any atom is -0.353 e. The van der Waals surface area contributed by atoms with Gasteiger partial charge in [-0.25, -0.2) is 9.37 Å². The van der Waals surface area contributed by atoms with Gasteiger partial charge < -0.3 is 10.2 Å². The van der Waals surface area contributed by atoms with Gasteiger partial charge in [-0.05, 0) is 37.1 Å². The molecule has 1 saturated heterocycles. The Bertz CT molecular complexity index is 810. The van der Waals surface area contributed by atoms with E-state index in [1.54, 1.807) is 30.0 Å². The fraction of sp³-hybridized carbons (Fsp3) is 0.294. The highest BCUT2D eigenvalue weighted by Crippen LogP contribution is 2.28. The van der Waals surface area contributed by atoms with Gasteiger partial charge in [0, 0.05) is 24.8 Å². The number of nitrogens with zero attached hydrogens (tertiary/aromatic N) is 3. The molecule has 1 atom stereocenters. The van der Waals surface area contributed by atoms with Crippen LogP contribution in [0.15, 0.2) is 36.5 Å². The quantitative estimate of drug-likeness (QED) is 0.665. The molecular formula is C17H17FN4O3. The van der Waals surface area contributed by atoms with Gasteiger partial charge in [-0.1, -0.05) is 12.1 Å². The molecule has 0 saturated carbocycles. The van der Waals surface area contributed by atoms with Crippen LogP contribution in [0.4, 0.5) is 15.9 Å². The molecule has 2 aromatic rings. The molecule has 8 heteroatoms. The standard InChI is InChI=1S/C17H17FN4O3/c1-11-6-8-19-16(15(11)22(24)25)20-14-7-9-21(17(14)23)10-12-2-4-13(18)5-3-12/h2-6,8,14H,7,9-10H2,1H3,(H,19,20). The summed E-state index contributed by atoms with van der Waals surface area (Å²) in [5.74, 6) is -0.372. The van der Waals surface area contributed by atoms with Crippen molar-refractivity contribution in [2.75, 3.05) is 11.9 Å². The zero-order valence-corrected chi connectivity index (χ0v) is 13.6. The second-order valence-corrected chi connectivity index (χ2v) is 5.95. The minimum atomic E-state index is -0.562. The van der Waals surface area contributed by atoms with Crippen molar-refractivity contribution in [3.05, 3.63) is 63.6 Å². The summed E-state index contributed by atoms with van der Waals surface area (Å²) in [7, 11) is 0. The predicted molar refractivity (Wildman–Crippen MR) is 89.5 cm³/mol. The summed E-state index contributed by atoms with van der Waals surface area (Å²) in [5, 5.41) is 14.1. The predicted octanol–water partition coefficient (Wildman–Crippen LogP) is 2.65. The third-order valence-electron chi connectivity index (χ3n) is 4.20. The number of hydrogen-bond donors (Lipinski definition) is 1. The van der Waals surface area contributed by atoms with E-state index in [2.05, 4.69) is 10.3 Å². The Balaban J connectivity index is 1.72. The zero-order valence-electron chi connectivity index (χ0n) is 13.6. The SMILES string of the molecule is Cc1ccnc(NC2CCN(Cc3ccc(F)cc3)C2=O)c1[N+](=O)[O-]. The molecule has 0 bridgehead atoms. The van der Waals surface area contributed by atoms with Crippen LogP contribution in [0.3, 0.4) is 0 Å². The number of carbonyl (C=O) groups is 1. The summed E-state index contributed by atoms with van der Waals surface area (Å²) < 4.78 is 13.0. The molecule has 1 aromatic carbocycles. The molecule has 7 nitrogen and oxygen atoms in total. The summed E-state index contributed by atoms with van der Waals surface area (Å²) >= 11 is 0. The maximum atomic E-state index is 13.0. The van der Waals surface area contributed by atoms with Crippen molar-refractivity contribution in [3.63, 3.8) is 0 Å². The third kappa shape index (κ3) is 3.57. The molecule has 0 spiro atoms. The first kappa shape index (κ1) is 16.8. The van der Waals surface area contributed by atoms with E-state index < -0.39 is 11.0 Å². The van der Waals surface area contributed by atoms with Gasteiger partial charge in [-0.15, -0.1) is 0 Å². The van der Waals surface area contributed by atoms with Crippen molar-refractivity contribution in [1.82, 2.24) is 9.88 Å². The Kier molecular flexibility index (Phi) is 4.60. The number of pyridine rings is 1. The van der Waals surface area contributed by atoms with Crippen LogP contribution in [0, 0.1) is 22.9 Å². The molecule has 1 aliphatic heterocycles. The first-order valence-electron chi connectivity index (χ1n) is 7.85. The number of aryl methyl sites for hydroxylation is 1. The van der Waals surface area contributed by atoms with Crippen LogP contribution in [0.5, 0.6) is 0 Å². The maximum Gasteiger partial charge on any atom is 0.314 e. The number of nitrogens with one attached hydrogen (secondary N) is 1. The Morgan fingerprint density at radius 2 is 2.08 bits per heavy atom. The average Bonchev–Trinajstić information content (AvgIpc) is 2.90. The fourth-order valence-electron chi connectivity index (χ4n) is 2.89. The second-order valence-electron chi connectivity index (χ2n) is 5.95. The van der Waals surface area contributed by atoms with Gasteiger partial charge in [0.1, 0.15) is 11.9 Å². The normalized spacial score (nSPS) is 17.0. The number of nitro groups is 1. The van der Waals surface area contributed by atoms with E-state index >= 15 is 0 Å². The molecule has 1 fully saturated rings. The Labute approximate surface area is 143 Å². The van der Waals surface area contributed by atoms with E-state index in [0.29, 0.717) is 25.1 Å². The molecule has 1 unspecified atom stereocenters. The van der Waals surface area contributed by atoms with E-state index in [0.717, 1.165) is 5.56 Å². The van der Waals surface area contributed by atoms with Gasteiger partial charge in [0.15, 0.2) is 0 Å². The number of amides is 1. The first-order chi connectivity index (χ1) is 12.0. The first-order valence-corrected chi connectivity index (χ1v) is 7.85. The van der Waals surface area contributed by atoms with Crippen molar-refractivity contribution in [1.29, 1.82) is 0 Å². The van der Waals surface area contributed by atoms with Crippen LogP contribution >= 0.6 is 0 Å². The Morgan fingerprint density at radius 3 is 2.76 bits per heavy atom. The fourth-order valence-corrected chi connectivity index (χ4v) is 2.89. The largest absolute Gasteiger partial charge is 0.353 e. The molecular weight excluding hydrogens is 327 g/mol. The zero-order chi connectivity index (χ0) is 18.0. The maximum absolute atomic E-state index is 13.0. The summed E-state index contributed by atoms with van der Waals surface area (Å²) in [6.07, 6.45) is 1.99. The van der Waals surface area contributed by atoms with Crippen molar-refractivity contribution < 1.29 is 14.1 Å². The van der Waals surface area contributed by atoms with Crippen LogP contribution < -0.4 is 5.32 Å². The van der Waals surface area contributed by atoms with Crippen molar-refractivity contribution in [2.45, 2.75) is 25.9 Å². The van der Waals surface area contributed by atoms with Crippen molar-refractivity contribution in [2.24, 2.45) is 0 Å². The van der Waals surface area contributed by atoms with Crippen LogP contribution in [0.25, 0.3) is 0 Å². The highest BCUT2D eigenvalue weighted by atomic mass is 19.1. The molecule has 1 aromatic heterocycles. The number of aromatic nitrogens is 1. The summed E-state index contributed by atoms with van der Waals surface area (Å²) in [6.45, 7) is 2.52. The molecule has 25 heavy (non-hydrogen) atoms. The van der Waals surface area contributed by atoms with Crippen molar-refractivity contribution >= 4 is 17.4 Å². The summed E-state index contributed by atoms with van der Waals surface area (Å²) in [6, 6.07) is 6.97. The highest BCUT2D eigenvalue weighted by molar-refractivity contribution is 5.87. The van der Waals surface area contributed by atoms with Gasteiger partial charge in [0.2, 0.25) is 11.7 Å². The van der Waals surface area contributed by atoms with Crippen molar-refractivity contribution in [3.8, 4) is 0 Å². The number of anilines is 1. The smallest absolute Gasteiger partial charge is 0.314 e. The number of benzene rings is 1. The number of halogens is 1. The van der Waals surface area contributed by atoms with E-state index in [-0.39, 0.29) is 23.2 Å². The highest BCUT2D eigenvalue weighted by Gasteiger charge is 2.33. The van der Waals surface area contributed by atoms with Crippen LogP contribution in [-0.4, -0.2) is 33.3 Å². The number of hydrogen-bond acceptors (Lipinski definition) is 5. The van der Waals surface area contributed by atoms with E-state index in [1.165, 1.54) is 18.3 Å². The summed E-state index contributed by atoms with van der Waals surface area (Å²) in [4.78, 5) is 28.9. The van der Waals surface area contributed by atoms with Gasteiger partial charge in [0.25, 0.3) is 0 Å². The van der Waals surface area contributed by atoms with Gasteiger partial charge >= 0.3 is 5.69 Å². The van der Waals surface area contributed by atoms with Gasteiger partial charge in [0.05, 0.1) is 4.92 Å². The molecule has 2 heterocycles. The Morgan fingerprint density at radius 1 is 1.36 bits per heavy atom. The molecule has 0 radical (unpaired) electrons. The molecule has 1 N–H and O–H groups in total. The number of carbonyl (C=O) groups excluding carboxylic acids is 1. The molecule has 1 aliphatic rings. The Hall–Kier alpha value is -3.03. The molecule has 3 rings (SSSR count). The lowest BCUT2D eigenvalue weighted by Gasteiger charge is -2.17. The van der Waals surface area contributed by atoms with Crippen LogP contribution in [0.2, 0.25) is 0 Å². The third-order valence-corrected chi connectivity index (χ3v) is 4.20. The topological polar surface area (TPSA) is 88.4 Å². The molecule has 0 aliphatic carbocycles. The van der Waals surface area contributed by atoms with Gasteiger partial charge in [-0.2, -0.15) is 0 Å². The summed E-state index contributed by atoms with van der Waals surface area (Å²) in [5.41, 5.74) is 1.19. The van der Waals surface area contributed by atoms with E-state index in [1.807, 2.05) is 0 Å². The van der Waals surface area contributed by atoms with E-state index in [4.69, 9.17) is 0 Å². The van der Waals surface area contributed by atoms with Crippen LogP contribution in [0.1, 0.15) is 17.5 Å². The lowest BCUT2D eigenvalue weighted by molar-refractivity contribution is -0.384. The lowest BCUT2D eigenvalue weighted by Crippen LogP contribution is -2.33. The number of rotatable bonds is 5. The minimum absolute atomic E-state index is 0.104.